The summed E-state index contributed by atoms with van der Waals surface area (Å²) in [5.41, 5.74) is 0. The van der Waals surface area contributed by atoms with Crippen LogP contribution >= 0.6 is 11.8 Å². The number of carbonyl (C=O) groups is 1. The molecule has 0 saturated carbocycles. The second kappa shape index (κ2) is 10.1. The molecular formula is C6H13CaNO3S+2. The Balaban J connectivity index is 0. The zero-order valence-electron chi connectivity index (χ0n) is 7.12. The van der Waals surface area contributed by atoms with Crippen LogP contribution in [0, 0.1) is 0 Å². The van der Waals surface area contributed by atoms with Crippen LogP contribution in [0.2, 0.25) is 0 Å². The average molecular weight is 219 g/mol. The zero-order chi connectivity index (χ0) is 8.69. The molecule has 1 atom stereocenters. The molecule has 0 aliphatic rings. The Bertz CT molecular complexity index is 125. The molecule has 1 unspecified atom stereocenters. The number of hydrogen-bond donors (Lipinski definition) is 3. The minimum Gasteiger partial charge on any atom is -0.480 e. The van der Waals surface area contributed by atoms with Crippen molar-refractivity contribution in [2.75, 3.05) is 18.7 Å². The third-order valence-electron chi connectivity index (χ3n) is 1.25. The monoisotopic (exact) mass is 219 g/mol. The van der Waals surface area contributed by atoms with Crippen molar-refractivity contribution in [1.29, 1.82) is 0 Å². The maximum Gasteiger partial charge on any atom is 2.00 e. The molecule has 0 aliphatic carbocycles. The number of aliphatic hydroxyl groups is 1. The maximum atomic E-state index is 10.4. The summed E-state index contributed by atoms with van der Waals surface area (Å²) >= 11 is 1.59. The fourth-order valence-electron chi connectivity index (χ4n) is 0.659. The van der Waals surface area contributed by atoms with E-state index >= 15 is 0 Å². The molecule has 0 rings (SSSR count). The van der Waals surface area contributed by atoms with Crippen LogP contribution in [0.1, 0.15) is 6.42 Å². The van der Waals surface area contributed by atoms with Crippen molar-refractivity contribution in [2.24, 2.45) is 0 Å². The van der Waals surface area contributed by atoms with Crippen molar-refractivity contribution < 1.29 is 15.0 Å². The number of hydrogen-bond acceptors (Lipinski definition) is 4. The van der Waals surface area contributed by atoms with Gasteiger partial charge in [0, 0.05) is 0 Å². The summed E-state index contributed by atoms with van der Waals surface area (Å²) in [7, 11) is 0. The van der Waals surface area contributed by atoms with Crippen molar-refractivity contribution >= 4 is 55.5 Å². The van der Waals surface area contributed by atoms with E-state index in [2.05, 4.69) is 5.32 Å². The minimum absolute atomic E-state index is 0. The fraction of sp³-hybridized carbons (Fsp3) is 0.833. The summed E-state index contributed by atoms with van der Waals surface area (Å²) in [6, 6.07) is -0.618. The first-order chi connectivity index (χ1) is 5.22. The van der Waals surface area contributed by atoms with Crippen LogP contribution in [0.25, 0.3) is 0 Å². The van der Waals surface area contributed by atoms with Gasteiger partial charge in [-0.15, -0.1) is 0 Å². The second-order valence-electron chi connectivity index (χ2n) is 2.03. The van der Waals surface area contributed by atoms with Crippen LogP contribution in [-0.4, -0.2) is 78.7 Å². The Morgan fingerprint density at radius 3 is 2.58 bits per heavy atom. The smallest absolute Gasteiger partial charge is 0.480 e. The average Bonchev–Trinajstić information content (AvgIpc) is 1.97. The molecule has 66 valence electrons. The van der Waals surface area contributed by atoms with Gasteiger partial charge in [-0.25, -0.2) is 0 Å². The van der Waals surface area contributed by atoms with E-state index in [0.29, 0.717) is 6.42 Å². The quantitative estimate of drug-likeness (QED) is 0.409. The third kappa shape index (κ3) is 7.64. The van der Waals surface area contributed by atoms with Gasteiger partial charge in [-0.1, -0.05) is 0 Å². The number of rotatable bonds is 6. The van der Waals surface area contributed by atoms with Gasteiger partial charge in [0.1, 0.15) is 6.04 Å². The largest absolute Gasteiger partial charge is 2.00 e. The van der Waals surface area contributed by atoms with Crippen LogP contribution in [0.4, 0.5) is 0 Å². The summed E-state index contributed by atoms with van der Waals surface area (Å²) in [6.07, 6.45) is 2.45. The zero-order valence-corrected chi connectivity index (χ0v) is 10.1. The fourth-order valence-corrected chi connectivity index (χ4v) is 1.13. The van der Waals surface area contributed by atoms with Gasteiger partial charge >= 0.3 is 43.7 Å². The molecule has 0 spiro atoms. The van der Waals surface area contributed by atoms with Gasteiger partial charge in [0.15, 0.2) is 0 Å². The van der Waals surface area contributed by atoms with Gasteiger partial charge in [-0.05, 0) is 18.4 Å². The molecule has 0 aromatic rings. The van der Waals surface area contributed by atoms with E-state index in [9.17, 15) is 4.79 Å². The van der Waals surface area contributed by atoms with Crippen LogP contribution in [0.15, 0.2) is 0 Å². The molecule has 0 aromatic carbocycles. The Kier molecular flexibility index (Phi) is 13.0. The summed E-state index contributed by atoms with van der Waals surface area (Å²) in [4.78, 5) is 10.4. The number of aliphatic hydroxyl groups excluding tert-OH is 1. The number of carboxylic acids is 1. The molecule has 0 radical (unpaired) electrons. The van der Waals surface area contributed by atoms with Crippen molar-refractivity contribution in [1.82, 2.24) is 5.32 Å². The van der Waals surface area contributed by atoms with Crippen LogP contribution < -0.4 is 5.32 Å². The summed E-state index contributed by atoms with van der Waals surface area (Å²) in [6.45, 7) is -0.286. The van der Waals surface area contributed by atoms with Crippen molar-refractivity contribution in [3.05, 3.63) is 0 Å². The van der Waals surface area contributed by atoms with Gasteiger partial charge in [-0.3, -0.25) is 10.1 Å². The molecule has 0 heterocycles. The van der Waals surface area contributed by atoms with Crippen molar-refractivity contribution in [3.63, 3.8) is 0 Å². The molecule has 0 fully saturated rings. The van der Waals surface area contributed by atoms with Gasteiger partial charge in [0.05, 0.1) is 6.73 Å². The summed E-state index contributed by atoms with van der Waals surface area (Å²) < 4.78 is 0. The van der Waals surface area contributed by atoms with Crippen LogP contribution in [-0.2, 0) is 4.79 Å². The number of aliphatic carboxylic acids is 1. The normalized spacial score (nSPS) is 11.8. The minimum atomic E-state index is -0.909. The first kappa shape index (κ1) is 15.5. The number of thioether (sulfide) groups is 1. The maximum absolute atomic E-state index is 10.4. The predicted molar refractivity (Wildman–Crippen MR) is 50.4 cm³/mol. The molecular weight excluding hydrogens is 206 g/mol. The summed E-state index contributed by atoms with van der Waals surface area (Å²) in [5, 5.41) is 19.4. The van der Waals surface area contributed by atoms with E-state index in [0.717, 1.165) is 5.75 Å². The number of nitrogens with one attached hydrogen (secondary N) is 1. The molecule has 4 nitrogen and oxygen atoms in total. The van der Waals surface area contributed by atoms with E-state index in [1.807, 2.05) is 6.26 Å². The van der Waals surface area contributed by atoms with Crippen molar-refractivity contribution in [3.8, 4) is 0 Å². The Labute approximate surface area is 106 Å². The second-order valence-corrected chi connectivity index (χ2v) is 3.02. The first-order valence-electron chi connectivity index (χ1n) is 3.28. The molecule has 0 saturated heterocycles. The first-order valence-corrected chi connectivity index (χ1v) is 4.67. The predicted octanol–water partition coefficient (Wildman–Crippen LogP) is -0.649. The molecule has 12 heavy (non-hydrogen) atoms. The van der Waals surface area contributed by atoms with Crippen LogP contribution in [0.3, 0.4) is 0 Å². The van der Waals surface area contributed by atoms with E-state index in [1.165, 1.54) is 0 Å². The molecule has 0 aliphatic heterocycles. The Morgan fingerprint density at radius 1 is 1.67 bits per heavy atom. The molecule has 0 aromatic heterocycles. The van der Waals surface area contributed by atoms with Crippen molar-refractivity contribution in [2.45, 2.75) is 12.5 Å². The molecule has 3 N–H and O–H groups in total. The van der Waals surface area contributed by atoms with E-state index in [4.69, 9.17) is 10.2 Å². The van der Waals surface area contributed by atoms with Gasteiger partial charge in [0.25, 0.3) is 0 Å². The van der Waals surface area contributed by atoms with Crippen LogP contribution in [0.5, 0.6) is 0 Å². The van der Waals surface area contributed by atoms with E-state index in [-0.39, 0.29) is 44.5 Å². The van der Waals surface area contributed by atoms with Gasteiger partial charge in [0.2, 0.25) is 0 Å². The van der Waals surface area contributed by atoms with E-state index in [1.54, 1.807) is 11.8 Å². The third-order valence-corrected chi connectivity index (χ3v) is 1.89. The Hall–Kier alpha value is 1.000. The number of carboxylic acid groups (broad SMARTS) is 1. The van der Waals surface area contributed by atoms with E-state index < -0.39 is 12.0 Å². The molecule has 6 heteroatoms. The Morgan fingerprint density at radius 2 is 2.25 bits per heavy atom. The molecule has 0 bridgehead atoms. The molecule has 0 amide bonds. The SMILES string of the molecule is CSCCC(NCO)C(=O)O.[Ca+2]. The standard InChI is InChI=1S/C6H13NO3S.Ca/c1-11-3-2-5(6(9)10)7-4-8;/h5,7-8H,2-4H2,1H3,(H,9,10);/q;+2. The topological polar surface area (TPSA) is 69.6 Å². The van der Waals surface area contributed by atoms with Gasteiger partial charge in [-0.2, -0.15) is 11.8 Å². The van der Waals surface area contributed by atoms with Gasteiger partial charge < -0.3 is 10.2 Å². The summed E-state index contributed by atoms with van der Waals surface area (Å²) in [5.74, 6) is -0.127.